The molecule has 0 aromatic heterocycles. The number of hydrogen-bond acceptors (Lipinski definition) is 2. The Hall–Kier alpha value is -1.29. The lowest BCUT2D eigenvalue weighted by Crippen LogP contribution is -2.39. The van der Waals surface area contributed by atoms with Crippen LogP contribution in [0, 0.1) is 0 Å². The Morgan fingerprint density at radius 2 is 2.12 bits per heavy atom. The zero-order valence-corrected chi connectivity index (χ0v) is 10.3. The average molecular weight is 223 g/mol. The minimum atomic E-state index is -0.0329. The third-order valence-electron chi connectivity index (χ3n) is 2.72. The first-order chi connectivity index (χ1) is 7.65. The highest BCUT2D eigenvalue weighted by atomic mass is 16.2. The first-order valence-corrected chi connectivity index (χ1v) is 5.67. The van der Waals surface area contributed by atoms with Crippen LogP contribution in [0.25, 0.3) is 0 Å². The van der Waals surface area contributed by atoms with Gasteiger partial charge in [0.2, 0.25) is 0 Å². The maximum atomic E-state index is 11.7. The number of carbonyl (C=O) groups is 1. The van der Waals surface area contributed by atoms with Crippen molar-refractivity contribution in [3.8, 4) is 0 Å². The molecule has 4 nitrogen and oxygen atoms in total. The molecule has 4 heteroatoms. The summed E-state index contributed by atoms with van der Waals surface area (Å²) in [5.74, 6) is 0. The Balaban J connectivity index is 2.44. The number of amides is 2. The molecule has 0 spiro atoms. The predicted octanol–water partition coefficient (Wildman–Crippen LogP) is 1.47. The van der Waals surface area contributed by atoms with Crippen molar-refractivity contribution in [2.24, 2.45) is 0 Å². The normalized spacial score (nSPS) is 15.2. The van der Waals surface area contributed by atoms with Gasteiger partial charge in [-0.3, -0.25) is 0 Å². The van der Waals surface area contributed by atoms with Gasteiger partial charge in [0.25, 0.3) is 0 Å². The van der Waals surface area contributed by atoms with E-state index in [4.69, 9.17) is 0 Å². The molecule has 0 radical (unpaired) electrons. The van der Waals surface area contributed by atoms with E-state index >= 15 is 0 Å². The molecule has 0 saturated heterocycles. The van der Waals surface area contributed by atoms with E-state index < -0.39 is 0 Å². The summed E-state index contributed by atoms with van der Waals surface area (Å²) in [5.41, 5.74) is 2.44. The molecule has 0 fully saturated rings. The smallest absolute Gasteiger partial charge is 0.321 e. The molecule has 1 rings (SSSR count). The quantitative estimate of drug-likeness (QED) is 0.709. The maximum Gasteiger partial charge on any atom is 0.321 e. The average Bonchev–Trinajstić information content (AvgIpc) is 2.29. The van der Waals surface area contributed by atoms with Crippen LogP contribution in [0.3, 0.4) is 0 Å². The van der Waals surface area contributed by atoms with Crippen LogP contribution in [0.1, 0.15) is 19.8 Å². The van der Waals surface area contributed by atoms with Gasteiger partial charge in [0.1, 0.15) is 0 Å². The summed E-state index contributed by atoms with van der Waals surface area (Å²) in [5, 5.41) is 5.84. The summed E-state index contributed by atoms with van der Waals surface area (Å²) in [6.45, 7) is 3.56. The molecule has 2 N–H and O–H groups in total. The third-order valence-corrected chi connectivity index (χ3v) is 2.72. The first-order valence-electron chi connectivity index (χ1n) is 5.67. The van der Waals surface area contributed by atoms with Crippen LogP contribution in [-0.4, -0.2) is 38.1 Å². The van der Waals surface area contributed by atoms with E-state index in [1.165, 1.54) is 5.57 Å². The molecule has 1 aliphatic rings. The fourth-order valence-corrected chi connectivity index (χ4v) is 1.55. The summed E-state index contributed by atoms with van der Waals surface area (Å²) < 4.78 is 0. The lowest BCUT2D eigenvalue weighted by molar-refractivity contribution is 0.218. The summed E-state index contributed by atoms with van der Waals surface area (Å²) in [6, 6.07) is -0.0329. The molecule has 0 bridgehead atoms. The van der Waals surface area contributed by atoms with Crippen LogP contribution in [0.2, 0.25) is 0 Å². The number of hydrogen-bond donors (Lipinski definition) is 2. The molecule has 1 aliphatic carbocycles. The molecule has 0 unspecified atom stereocenters. The zero-order valence-electron chi connectivity index (χ0n) is 10.3. The fraction of sp³-hybridized carbons (Fsp3) is 0.583. The molecule has 2 amide bonds. The van der Waals surface area contributed by atoms with Crippen molar-refractivity contribution >= 4 is 6.03 Å². The SMILES string of the molecule is CNCCNC(=O)N(C)C1=CC=C(C)CC1. The highest BCUT2D eigenvalue weighted by Crippen LogP contribution is 2.19. The summed E-state index contributed by atoms with van der Waals surface area (Å²) in [7, 11) is 3.68. The highest BCUT2D eigenvalue weighted by molar-refractivity contribution is 5.75. The second kappa shape index (κ2) is 6.33. The number of rotatable bonds is 4. The molecule has 0 heterocycles. The Morgan fingerprint density at radius 1 is 1.38 bits per heavy atom. The topological polar surface area (TPSA) is 44.4 Å². The summed E-state index contributed by atoms with van der Waals surface area (Å²) >= 11 is 0. The van der Waals surface area contributed by atoms with Crippen LogP contribution in [0.15, 0.2) is 23.4 Å². The van der Waals surface area contributed by atoms with Crippen molar-refractivity contribution in [2.45, 2.75) is 19.8 Å². The Kier molecular flexibility index (Phi) is 5.05. The van der Waals surface area contributed by atoms with E-state index in [2.05, 4.69) is 23.6 Å². The molecule has 0 aromatic rings. The van der Waals surface area contributed by atoms with Crippen molar-refractivity contribution in [3.05, 3.63) is 23.4 Å². The third kappa shape index (κ3) is 3.70. The van der Waals surface area contributed by atoms with E-state index in [0.717, 1.165) is 25.1 Å². The van der Waals surface area contributed by atoms with Crippen LogP contribution in [-0.2, 0) is 0 Å². The summed E-state index contributed by atoms with van der Waals surface area (Å²) in [6.07, 6.45) is 6.09. The van der Waals surface area contributed by atoms with Crippen LogP contribution >= 0.6 is 0 Å². The Morgan fingerprint density at radius 3 is 2.69 bits per heavy atom. The largest absolute Gasteiger partial charge is 0.336 e. The van der Waals surface area contributed by atoms with Gasteiger partial charge in [-0.1, -0.05) is 11.6 Å². The number of nitrogens with zero attached hydrogens (tertiary/aromatic N) is 1. The Bertz CT molecular complexity index is 307. The molecule has 0 saturated carbocycles. The number of allylic oxidation sites excluding steroid dienone is 4. The van der Waals surface area contributed by atoms with Gasteiger partial charge in [-0.15, -0.1) is 0 Å². The van der Waals surface area contributed by atoms with Crippen molar-refractivity contribution in [3.63, 3.8) is 0 Å². The molecular formula is C12H21N3O. The van der Waals surface area contributed by atoms with E-state index in [1.54, 1.807) is 4.90 Å². The number of urea groups is 1. The van der Waals surface area contributed by atoms with Gasteiger partial charge in [0.05, 0.1) is 0 Å². The Labute approximate surface area is 97.4 Å². The molecule has 0 aliphatic heterocycles. The molecule has 16 heavy (non-hydrogen) atoms. The summed E-state index contributed by atoms with van der Waals surface area (Å²) in [4.78, 5) is 13.4. The minimum absolute atomic E-state index is 0.0329. The molecule has 0 aromatic carbocycles. The lowest BCUT2D eigenvalue weighted by Gasteiger charge is -2.23. The van der Waals surface area contributed by atoms with Gasteiger partial charge < -0.3 is 15.5 Å². The number of likely N-dealkylation sites (N-methyl/N-ethyl adjacent to an activating group) is 1. The van der Waals surface area contributed by atoms with Gasteiger partial charge in [-0.05, 0) is 32.9 Å². The number of nitrogens with one attached hydrogen (secondary N) is 2. The second-order valence-corrected chi connectivity index (χ2v) is 4.07. The van der Waals surface area contributed by atoms with Gasteiger partial charge in [-0.2, -0.15) is 0 Å². The standard InChI is InChI=1S/C12H21N3O/c1-10-4-6-11(7-5-10)15(3)12(16)14-9-8-13-2/h4,6,13H,5,7-9H2,1-3H3,(H,14,16). The molecule has 0 atom stereocenters. The van der Waals surface area contributed by atoms with E-state index in [-0.39, 0.29) is 6.03 Å². The maximum absolute atomic E-state index is 11.7. The van der Waals surface area contributed by atoms with E-state index in [9.17, 15) is 4.79 Å². The zero-order chi connectivity index (χ0) is 12.0. The monoisotopic (exact) mass is 223 g/mol. The first kappa shape index (κ1) is 12.8. The molecule has 90 valence electrons. The minimum Gasteiger partial charge on any atom is -0.336 e. The molecular weight excluding hydrogens is 202 g/mol. The predicted molar refractivity (Wildman–Crippen MR) is 66.2 cm³/mol. The van der Waals surface area contributed by atoms with Crippen LogP contribution < -0.4 is 10.6 Å². The van der Waals surface area contributed by atoms with Crippen LogP contribution in [0.5, 0.6) is 0 Å². The van der Waals surface area contributed by atoms with Crippen molar-refractivity contribution in [1.29, 1.82) is 0 Å². The van der Waals surface area contributed by atoms with Crippen LogP contribution in [0.4, 0.5) is 4.79 Å². The van der Waals surface area contributed by atoms with Crippen molar-refractivity contribution in [2.75, 3.05) is 27.2 Å². The van der Waals surface area contributed by atoms with Gasteiger partial charge >= 0.3 is 6.03 Å². The van der Waals surface area contributed by atoms with E-state index in [1.807, 2.05) is 20.2 Å². The second-order valence-electron chi connectivity index (χ2n) is 4.07. The van der Waals surface area contributed by atoms with Gasteiger partial charge in [0, 0.05) is 25.8 Å². The van der Waals surface area contributed by atoms with E-state index in [0.29, 0.717) is 6.54 Å². The van der Waals surface area contributed by atoms with Crippen molar-refractivity contribution in [1.82, 2.24) is 15.5 Å². The van der Waals surface area contributed by atoms with Crippen molar-refractivity contribution < 1.29 is 4.79 Å². The fourth-order valence-electron chi connectivity index (χ4n) is 1.55. The van der Waals surface area contributed by atoms with Gasteiger partial charge in [0.15, 0.2) is 0 Å². The van der Waals surface area contributed by atoms with Gasteiger partial charge in [-0.25, -0.2) is 4.79 Å². The highest BCUT2D eigenvalue weighted by Gasteiger charge is 2.13. The lowest BCUT2D eigenvalue weighted by atomic mass is 10.0. The number of carbonyl (C=O) groups excluding carboxylic acids is 1.